The number of hydrogen-bond donors (Lipinski definition) is 3. The Morgan fingerprint density at radius 2 is 1.82 bits per heavy atom. The number of para-hydroxylation sites is 1. The van der Waals surface area contributed by atoms with Crippen molar-refractivity contribution in [3.63, 3.8) is 0 Å². The first kappa shape index (κ1) is 17.6. The van der Waals surface area contributed by atoms with Gasteiger partial charge in [0, 0.05) is 0 Å². The van der Waals surface area contributed by atoms with Gasteiger partial charge in [-0.2, -0.15) is 0 Å². The third kappa shape index (κ3) is 3.67. The van der Waals surface area contributed by atoms with Gasteiger partial charge in [0.05, 0.1) is 20.8 Å². The molecular weight excluding hydrogens is 378 g/mol. The van der Waals surface area contributed by atoms with E-state index in [1.165, 1.54) is 17.7 Å². The van der Waals surface area contributed by atoms with Gasteiger partial charge in [0.25, 0.3) is 0 Å². The molecule has 2 aromatic heterocycles. The average Bonchev–Trinajstić information content (AvgIpc) is 3.08. The van der Waals surface area contributed by atoms with Crippen molar-refractivity contribution in [2.45, 2.75) is 6.92 Å². The van der Waals surface area contributed by atoms with Crippen LogP contribution in [-0.4, -0.2) is 19.9 Å². The van der Waals surface area contributed by atoms with Gasteiger partial charge in [-0.25, -0.2) is 15.0 Å². The highest BCUT2D eigenvalue weighted by molar-refractivity contribution is 7.22. The van der Waals surface area contributed by atoms with Gasteiger partial charge < -0.3 is 5.32 Å². The lowest BCUT2D eigenvalue weighted by Gasteiger charge is -2.10. The Kier molecular flexibility index (Phi) is 4.68. The lowest BCUT2D eigenvalue weighted by atomic mass is 10.2. The van der Waals surface area contributed by atoms with Crippen molar-refractivity contribution in [3.05, 3.63) is 70.5 Å². The SMILES string of the molecule is Cc1ccc2nc(Nc3ncnc(NNc4ccccc4)c3[N+](=O)[O-])sc2c1. The van der Waals surface area contributed by atoms with Crippen LogP contribution in [0.4, 0.5) is 28.1 Å². The second-order valence-corrected chi connectivity index (χ2v) is 6.94. The number of hydrogen-bond acceptors (Lipinski definition) is 9. The van der Waals surface area contributed by atoms with Crippen LogP contribution in [0.25, 0.3) is 10.2 Å². The Morgan fingerprint density at radius 1 is 1.04 bits per heavy atom. The van der Waals surface area contributed by atoms with Crippen molar-refractivity contribution < 1.29 is 4.92 Å². The molecule has 0 spiro atoms. The molecule has 9 nitrogen and oxygen atoms in total. The number of thiazole rings is 1. The minimum absolute atomic E-state index is 0.0447. The van der Waals surface area contributed by atoms with E-state index in [4.69, 9.17) is 0 Å². The summed E-state index contributed by atoms with van der Waals surface area (Å²) in [6, 6.07) is 15.1. The Hall–Kier alpha value is -3.79. The average molecular weight is 393 g/mol. The number of hydrazine groups is 1. The molecule has 0 aliphatic carbocycles. The summed E-state index contributed by atoms with van der Waals surface area (Å²) in [5.41, 5.74) is 8.06. The molecule has 0 saturated carbocycles. The number of nitro groups is 1. The first-order valence-electron chi connectivity index (χ1n) is 8.31. The minimum atomic E-state index is -0.533. The zero-order chi connectivity index (χ0) is 19.5. The third-order valence-electron chi connectivity index (χ3n) is 3.87. The van der Waals surface area contributed by atoms with E-state index in [2.05, 4.69) is 31.1 Å². The summed E-state index contributed by atoms with van der Waals surface area (Å²) in [5.74, 6) is 0.108. The Bertz CT molecular complexity index is 1150. The normalized spacial score (nSPS) is 10.6. The molecule has 3 N–H and O–H groups in total. The van der Waals surface area contributed by atoms with E-state index in [1.807, 2.05) is 55.5 Å². The number of aromatic nitrogens is 3. The zero-order valence-corrected chi connectivity index (χ0v) is 15.5. The van der Waals surface area contributed by atoms with Crippen molar-refractivity contribution in [2.24, 2.45) is 0 Å². The molecule has 0 aliphatic rings. The largest absolute Gasteiger partial charge is 0.355 e. The number of fused-ring (bicyclic) bond motifs is 1. The monoisotopic (exact) mass is 393 g/mol. The number of anilines is 4. The molecule has 4 rings (SSSR count). The number of benzene rings is 2. The maximum atomic E-state index is 11.7. The summed E-state index contributed by atoms with van der Waals surface area (Å²) in [6.07, 6.45) is 1.25. The van der Waals surface area contributed by atoms with Crippen LogP contribution < -0.4 is 16.2 Å². The maximum absolute atomic E-state index is 11.7. The molecular formula is C18H15N7O2S. The minimum Gasteiger partial charge on any atom is -0.310 e. The zero-order valence-electron chi connectivity index (χ0n) is 14.7. The summed E-state index contributed by atoms with van der Waals surface area (Å²) in [6.45, 7) is 2.00. The van der Waals surface area contributed by atoms with Crippen LogP contribution in [0.5, 0.6) is 0 Å². The fraction of sp³-hybridized carbons (Fsp3) is 0.0556. The van der Waals surface area contributed by atoms with Gasteiger partial charge in [0.2, 0.25) is 11.6 Å². The van der Waals surface area contributed by atoms with Gasteiger partial charge in [-0.1, -0.05) is 35.6 Å². The molecule has 0 amide bonds. The highest BCUT2D eigenvalue weighted by Crippen LogP contribution is 2.34. The van der Waals surface area contributed by atoms with Crippen molar-refractivity contribution >= 4 is 49.7 Å². The van der Waals surface area contributed by atoms with Gasteiger partial charge in [-0.05, 0) is 36.8 Å². The van der Waals surface area contributed by atoms with Crippen LogP contribution >= 0.6 is 11.3 Å². The molecule has 0 saturated heterocycles. The van der Waals surface area contributed by atoms with Crippen LogP contribution in [0.15, 0.2) is 54.9 Å². The summed E-state index contributed by atoms with van der Waals surface area (Å²) in [4.78, 5) is 23.6. The van der Waals surface area contributed by atoms with Crippen molar-refractivity contribution in [2.75, 3.05) is 16.2 Å². The summed E-state index contributed by atoms with van der Waals surface area (Å²) in [7, 11) is 0. The molecule has 28 heavy (non-hydrogen) atoms. The Morgan fingerprint density at radius 3 is 2.61 bits per heavy atom. The summed E-state index contributed by atoms with van der Waals surface area (Å²) in [5, 5.41) is 15.1. The van der Waals surface area contributed by atoms with Crippen molar-refractivity contribution in [1.82, 2.24) is 15.0 Å². The first-order chi connectivity index (χ1) is 13.6. The van der Waals surface area contributed by atoms with Crippen LogP contribution in [-0.2, 0) is 0 Å². The van der Waals surface area contributed by atoms with Gasteiger partial charge >= 0.3 is 5.69 Å². The second kappa shape index (κ2) is 7.45. The Balaban J connectivity index is 1.63. The summed E-state index contributed by atoms with van der Waals surface area (Å²) < 4.78 is 0.989. The van der Waals surface area contributed by atoms with E-state index in [-0.39, 0.29) is 17.3 Å². The maximum Gasteiger partial charge on any atom is 0.355 e. The smallest absolute Gasteiger partial charge is 0.310 e. The fourth-order valence-electron chi connectivity index (χ4n) is 2.57. The molecule has 0 fully saturated rings. The lowest BCUT2D eigenvalue weighted by Crippen LogP contribution is -2.13. The molecule has 0 aliphatic heterocycles. The molecule has 0 atom stereocenters. The van der Waals surface area contributed by atoms with Gasteiger partial charge in [0.15, 0.2) is 5.13 Å². The van der Waals surface area contributed by atoms with Crippen molar-refractivity contribution in [1.29, 1.82) is 0 Å². The first-order valence-corrected chi connectivity index (χ1v) is 9.12. The van der Waals surface area contributed by atoms with E-state index in [1.54, 1.807) is 0 Å². The van der Waals surface area contributed by atoms with E-state index >= 15 is 0 Å². The molecule has 2 heterocycles. The number of nitrogens with one attached hydrogen (secondary N) is 3. The van der Waals surface area contributed by atoms with Crippen LogP contribution in [0.3, 0.4) is 0 Å². The Labute approximate surface area is 163 Å². The highest BCUT2D eigenvalue weighted by Gasteiger charge is 2.24. The van der Waals surface area contributed by atoms with Crippen LogP contribution in [0.2, 0.25) is 0 Å². The van der Waals surface area contributed by atoms with E-state index in [0.29, 0.717) is 5.13 Å². The van der Waals surface area contributed by atoms with E-state index in [0.717, 1.165) is 21.5 Å². The summed E-state index contributed by atoms with van der Waals surface area (Å²) >= 11 is 1.40. The van der Waals surface area contributed by atoms with Crippen LogP contribution in [0, 0.1) is 17.0 Å². The molecule has 0 unspecified atom stereocenters. The van der Waals surface area contributed by atoms with E-state index < -0.39 is 4.92 Å². The molecule has 140 valence electrons. The molecule has 10 heteroatoms. The lowest BCUT2D eigenvalue weighted by molar-refractivity contribution is -0.383. The van der Waals surface area contributed by atoms with Gasteiger partial charge in [-0.3, -0.25) is 21.0 Å². The second-order valence-electron chi connectivity index (χ2n) is 5.91. The number of nitrogens with zero attached hydrogens (tertiary/aromatic N) is 4. The van der Waals surface area contributed by atoms with Crippen molar-refractivity contribution in [3.8, 4) is 0 Å². The highest BCUT2D eigenvalue weighted by atomic mass is 32.1. The molecule has 4 aromatic rings. The standard InChI is InChI=1S/C18H15N7O2S/c1-11-7-8-13-14(9-11)28-18(21-13)22-16-15(25(26)27)17(20-10-19-16)24-23-12-5-3-2-4-6-12/h2-10,23H,1H3,(H2,19,20,21,22,24). The number of aryl methyl sites for hydroxylation is 1. The molecule has 2 aromatic carbocycles. The van der Waals surface area contributed by atoms with Gasteiger partial charge in [0.1, 0.15) is 6.33 Å². The molecule has 0 bridgehead atoms. The molecule has 0 radical (unpaired) electrons. The van der Waals surface area contributed by atoms with E-state index in [9.17, 15) is 10.1 Å². The fourth-order valence-corrected chi connectivity index (χ4v) is 3.54. The topological polar surface area (TPSA) is 118 Å². The number of rotatable bonds is 6. The third-order valence-corrected chi connectivity index (χ3v) is 4.81. The van der Waals surface area contributed by atoms with Crippen LogP contribution in [0.1, 0.15) is 5.56 Å². The predicted molar refractivity (Wildman–Crippen MR) is 110 cm³/mol. The van der Waals surface area contributed by atoms with Gasteiger partial charge in [-0.15, -0.1) is 0 Å². The predicted octanol–water partition coefficient (Wildman–Crippen LogP) is 4.49. The quantitative estimate of drug-likeness (QED) is 0.324.